The van der Waals surface area contributed by atoms with Crippen molar-refractivity contribution in [3.8, 4) is 0 Å². The van der Waals surface area contributed by atoms with Gasteiger partial charge in [-0.3, -0.25) is 4.79 Å². The number of carboxylic acid groups (broad SMARTS) is 1. The molecule has 2 aliphatic heterocycles. The van der Waals surface area contributed by atoms with E-state index in [4.69, 9.17) is 9.84 Å². The Morgan fingerprint density at radius 1 is 1.22 bits per heavy atom. The summed E-state index contributed by atoms with van der Waals surface area (Å²) in [5.41, 5.74) is 0.211. The van der Waals surface area contributed by atoms with Crippen molar-refractivity contribution in [1.29, 1.82) is 0 Å². The highest BCUT2D eigenvalue weighted by Gasteiger charge is 2.39. The number of nitrogens with zero attached hydrogens (tertiary/aromatic N) is 3. The number of carbonyl (C=O) groups is 2. The molecule has 0 aromatic carbocycles. The highest BCUT2D eigenvalue weighted by molar-refractivity contribution is 7.09. The van der Waals surface area contributed by atoms with Crippen molar-refractivity contribution >= 4 is 23.3 Å². The number of aryl methyl sites for hydroxylation is 1. The fourth-order valence-corrected chi connectivity index (χ4v) is 3.81. The molecule has 0 radical (unpaired) electrons. The molecule has 1 aromatic heterocycles. The van der Waals surface area contributed by atoms with E-state index in [9.17, 15) is 9.59 Å². The van der Waals surface area contributed by atoms with Gasteiger partial charge in [-0.05, 0) is 26.2 Å². The SMILES string of the molecule is Cc1nc(C(=O)N2CCOC3(CCN(C(=O)O)CC3)CC2)cs1. The molecule has 3 heterocycles. The Labute approximate surface area is 138 Å². The van der Waals surface area contributed by atoms with Crippen LogP contribution in [0.2, 0.25) is 0 Å². The molecule has 0 bridgehead atoms. The van der Waals surface area contributed by atoms with E-state index in [1.54, 1.807) is 10.3 Å². The van der Waals surface area contributed by atoms with Crippen LogP contribution in [0.4, 0.5) is 4.79 Å². The minimum absolute atomic E-state index is 0.0435. The lowest BCUT2D eigenvalue weighted by atomic mass is 9.88. The second-order valence-electron chi connectivity index (χ2n) is 6.10. The smallest absolute Gasteiger partial charge is 0.407 e. The maximum Gasteiger partial charge on any atom is 0.407 e. The lowest BCUT2D eigenvalue weighted by Crippen LogP contribution is -2.48. The van der Waals surface area contributed by atoms with Crippen LogP contribution >= 0.6 is 11.3 Å². The van der Waals surface area contributed by atoms with E-state index in [1.807, 2.05) is 6.92 Å². The summed E-state index contributed by atoms with van der Waals surface area (Å²) in [6.07, 6.45) is 1.26. The Balaban J connectivity index is 1.61. The van der Waals surface area contributed by atoms with E-state index in [0.29, 0.717) is 51.3 Å². The summed E-state index contributed by atoms with van der Waals surface area (Å²) in [6.45, 7) is 4.55. The minimum Gasteiger partial charge on any atom is -0.465 e. The second-order valence-corrected chi connectivity index (χ2v) is 7.16. The molecule has 8 heteroatoms. The minimum atomic E-state index is -0.871. The van der Waals surface area contributed by atoms with Gasteiger partial charge in [-0.2, -0.15) is 0 Å². The van der Waals surface area contributed by atoms with E-state index in [-0.39, 0.29) is 11.5 Å². The van der Waals surface area contributed by atoms with Gasteiger partial charge in [0, 0.05) is 31.6 Å². The summed E-state index contributed by atoms with van der Waals surface area (Å²) < 4.78 is 6.05. The lowest BCUT2D eigenvalue weighted by Gasteiger charge is -2.39. The standard InChI is InChI=1S/C15H21N3O4S/c1-11-16-12(10-23-11)13(19)17-5-2-15(22-9-8-17)3-6-18(7-4-15)14(20)21/h10H,2-9H2,1H3,(H,20,21). The van der Waals surface area contributed by atoms with Gasteiger partial charge in [0.05, 0.1) is 17.2 Å². The normalized spacial score (nSPS) is 21.3. The molecule has 0 saturated carbocycles. The number of piperidine rings is 1. The number of hydrogen-bond donors (Lipinski definition) is 1. The summed E-state index contributed by atoms with van der Waals surface area (Å²) >= 11 is 1.48. The summed E-state index contributed by atoms with van der Waals surface area (Å²) in [5, 5.41) is 11.7. The number of amides is 2. The molecule has 1 aromatic rings. The third kappa shape index (κ3) is 3.48. The van der Waals surface area contributed by atoms with Gasteiger partial charge < -0.3 is 19.6 Å². The Bertz CT molecular complexity index is 595. The molecule has 0 unspecified atom stereocenters. The maximum absolute atomic E-state index is 12.5. The monoisotopic (exact) mass is 339 g/mol. The molecule has 1 N–H and O–H groups in total. The molecular weight excluding hydrogens is 318 g/mol. The van der Waals surface area contributed by atoms with E-state index < -0.39 is 6.09 Å². The first-order chi connectivity index (χ1) is 11.0. The van der Waals surface area contributed by atoms with Crippen molar-refractivity contribution in [1.82, 2.24) is 14.8 Å². The summed E-state index contributed by atoms with van der Waals surface area (Å²) in [4.78, 5) is 31.0. The molecule has 3 rings (SSSR count). The van der Waals surface area contributed by atoms with Gasteiger partial charge in [-0.15, -0.1) is 11.3 Å². The number of likely N-dealkylation sites (tertiary alicyclic amines) is 1. The number of carbonyl (C=O) groups excluding carboxylic acids is 1. The Morgan fingerprint density at radius 2 is 1.87 bits per heavy atom. The largest absolute Gasteiger partial charge is 0.465 e. The summed E-state index contributed by atoms with van der Waals surface area (Å²) in [6, 6.07) is 0. The average Bonchev–Trinajstić information content (AvgIpc) is 2.86. The van der Waals surface area contributed by atoms with Crippen molar-refractivity contribution in [2.24, 2.45) is 0 Å². The molecule has 2 aliphatic rings. The first kappa shape index (κ1) is 16.2. The first-order valence-electron chi connectivity index (χ1n) is 7.82. The van der Waals surface area contributed by atoms with Gasteiger partial charge in [-0.1, -0.05) is 0 Å². The van der Waals surface area contributed by atoms with Gasteiger partial charge in [0.1, 0.15) is 5.69 Å². The van der Waals surface area contributed by atoms with Gasteiger partial charge in [0.2, 0.25) is 0 Å². The van der Waals surface area contributed by atoms with Crippen molar-refractivity contribution in [2.45, 2.75) is 31.8 Å². The van der Waals surface area contributed by atoms with E-state index in [1.165, 1.54) is 16.2 Å². The van der Waals surface area contributed by atoms with Crippen molar-refractivity contribution < 1.29 is 19.4 Å². The van der Waals surface area contributed by atoms with E-state index >= 15 is 0 Å². The third-order valence-electron chi connectivity index (χ3n) is 4.68. The molecule has 2 fully saturated rings. The Morgan fingerprint density at radius 3 is 2.43 bits per heavy atom. The molecule has 23 heavy (non-hydrogen) atoms. The van der Waals surface area contributed by atoms with Crippen LogP contribution in [0.15, 0.2) is 5.38 Å². The van der Waals surface area contributed by atoms with Crippen molar-refractivity contribution in [2.75, 3.05) is 32.8 Å². The first-order valence-corrected chi connectivity index (χ1v) is 8.70. The fraction of sp³-hybridized carbons (Fsp3) is 0.667. The van der Waals surface area contributed by atoms with Crippen LogP contribution in [0.1, 0.15) is 34.8 Å². The average molecular weight is 339 g/mol. The predicted octanol–water partition coefficient (Wildman–Crippen LogP) is 1.83. The van der Waals surface area contributed by atoms with E-state index in [2.05, 4.69) is 4.98 Å². The molecule has 126 valence electrons. The number of thiazole rings is 1. The second kappa shape index (κ2) is 6.45. The molecular formula is C15H21N3O4S. The molecule has 7 nitrogen and oxygen atoms in total. The van der Waals surface area contributed by atoms with Gasteiger partial charge >= 0.3 is 6.09 Å². The lowest BCUT2D eigenvalue weighted by molar-refractivity contribution is -0.0740. The molecule has 2 saturated heterocycles. The van der Waals surface area contributed by atoms with Crippen LogP contribution in [0.3, 0.4) is 0 Å². The number of rotatable bonds is 1. The predicted molar refractivity (Wildman–Crippen MR) is 84.9 cm³/mol. The zero-order valence-electron chi connectivity index (χ0n) is 13.2. The van der Waals surface area contributed by atoms with Crippen LogP contribution in [0.25, 0.3) is 0 Å². The zero-order chi connectivity index (χ0) is 16.4. The van der Waals surface area contributed by atoms with Crippen LogP contribution in [0.5, 0.6) is 0 Å². The van der Waals surface area contributed by atoms with E-state index in [0.717, 1.165) is 11.4 Å². The van der Waals surface area contributed by atoms with Crippen LogP contribution in [0, 0.1) is 6.92 Å². The fourth-order valence-electron chi connectivity index (χ4n) is 3.22. The van der Waals surface area contributed by atoms with Gasteiger partial charge in [-0.25, -0.2) is 9.78 Å². The number of aromatic nitrogens is 1. The highest BCUT2D eigenvalue weighted by atomic mass is 32.1. The third-order valence-corrected chi connectivity index (χ3v) is 5.45. The van der Waals surface area contributed by atoms with Crippen LogP contribution in [-0.2, 0) is 4.74 Å². The Hall–Kier alpha value is -1.67. The molecule has 2 amide bonds. The van der Waals surface area contributed by atoms with Gasteiger partial charge in [0.15, 0.2) is 0 Å². The topological polar surface area (TPSA) is 83.0 Å². The van der Waals surface area contributed by atoms with Crippen molar-refractivity contribution in [3.05, 3.63) is 16.1 Å². The van der Waals surface area contributed by atoms with Gasteiger partial charge in [0.25, 0.3) is 5.91 Å². The maximum atomic E-state index is 12.5. The number of hydrogen-bond acceptors (Lipinski definition) is 5. The Kier molecular flexibility index (Phi) is 4.54. The van der Waals surface area contributed by atoms with Crippen LogP contribution in [-0.4, -0.2) is 70.3 Å². The number of ether oxygens (including phenoxy) is 1. The molecule has 1 spiro atoms. The summed E-state index contributed by atoms with van der Waals surface area (Å²) in [7, 11) is 0. The van der Waals surface area contributed by atoms with Crippen LogP contribution < -0.4 is 0 Å². The highest BCUT2D eigenvalue weighted by Crippen LogP contribution is 2.32. The zero-order valence-corrected chi connectivity index (χ0v) is 14.0. The quantitative estimate of drug-likeness (QED) is 0.844. The summed E-state index contributed by atoms with van der Waals surface area (Å²) in [5.74, 6) is -0.0435. The molecule has 0 aliphatic carbocycles. The van der Waals surface area contributed by atoms with Crippen molar-refractivity contribution in [3.63, 3.8) is 0 Å². The molecule has 0 atom stereocenters.